The van der Waals surface area contributed by atoms with Crippen LogP contribution in [-0.4, -0.2) is 55.5 Å². The average Bonchev–Trinajstić information content (AvgIpc) is 3.09. The lowest BCUT2D eigenvalue weighted by atomic mass is 10.1. The number of rotatable bonds is 10. The molecule has 9 heteroatoms. The second-order valence-electron chi connectivity index (χ2n) is 7.83. The predicted octanol–water partition coefficient (Wildman–Crippen LogP) is 2.96. The molecular weight excluding hydrogens is 440 g/mol. The number of benzene rings is 2. The highest BCUT2D eigenvalue weighted by Gasteiger charge is 2.35. The fourth-order valence-electron chi connectivity index (χ4n) is 3.54. The van der Waals surface area contributed by atoms with Crippen LogP contribution in [0.1, 0.15) is 63.3 Å². The third kappa shape index (κ3) is 5.19. The fraction of sp³-hybridized carbons (Fsp3) is 0.360. The van der Waals surface area contributed by atoms with Crippen LogP contribution in [0.3, 0.4) is 0 Å². The number of unbranched alkanes of at least 4 members (excludes halogenated alkanes) is 1. The van der Waals surface area contributed by atoms with Gasteiger partial charge in [-0.3, -0.25) is 19.3 Å². The lowest BCUT2D eigenvalue weighted by Gasteiger charge is -2.14. The molecule has 0 bridgehead atoms. The third-order valence-electron chi connectivity index (χ3n) is 5.51. The van der Waals surface area contributed by atoms with Gasteiger partial charge in [-0.2, -0.15) is 0 Å². The standard InChI is InChI=1S/C25H28N2O7/c1-5-6-11-27-23(29)18-9-8-17(13-19(18)24(27)30)25(31)34-15(2)22(28)26-14-16-7-10-20(32-3)21(12-16)33-4/h7-10,12-13,15H,5-6,11,14H2,1-4H3,(H,26,28). The maximum absolute atomic E-state index is 12.6. The molecule has 3 amide bonds. The first kappa shape index (κ1) is 24.8. The molecule has 3 rings (SSSR count). The van der Waals surface area contributed by atoms with Gasteiger partial charge in [0.25, 0.3) is 17.7 Å². The topological polar surface area (TPSA) is 111 Å². The van der Waals surface area contributed by atoms with Crippen LogP contribution >= 0.6 is 0 Å². The molecule has 2 aromatic carbocycles. The SMILES string of the molecule is CCCCN1C(=O)c2ccc(C(=O)OC(C)C(=O)NCc3ccc(OC)c(OC)c3)cc2C1=O. The summed E-state index contributed by atoms with van der Waals surface area (Å²) in [4.78, 5) is 51.3. The molecule has 9 nitrogen and oxygen atoms in total. The molecule has 1 unspecified atom stereocenters. The van der Waals surface area contributed by atoms with Crippen LogP contribution in [0.5, 0.6) is 11.5 Å². The Bertz CT molecular complexity index is 1110. The minimum atomic E-state index is -1.07. The number of carbonyl (C=O) groups excluding carboxylic acids is 4. The van der Waals surface area contributed by atoms with Crippen molar-refractivity contribution in [2.45, 2.75) is 39.3 Å². The monoisotopic (exact) mass is 468 g/mol. The Morgan fingerprint density at radius 1 is 0.971 bits per heavy atom. The first-order chi connectivity index (χ1) is 16.3. The molecule has 2 aromatic rings. The van der Waals surface area contributed by atoms with Gasteiger partial charge in [-0.1, -0.05) is 19.4 Å². The third-order valence-corrected chi connectivity index (χ3v) is 5.51. The molecule has 0 aliphatic carbocycles. The molecule has 1 atom stereocenters. The van der Waals surface area contributed by atoms with E-state index in [-0.39, 0.29) is 29.1 Å². The van der Waals surface area contributed by atoms with E-state index in [1.165, 1.54) is 44.2 Å². The highest BCUT2D eigenvalue weighted by atomic mass is 16.5. The Morgan fingerprint density at radius 2 is 1.68 bits per heavy atom. The van der Waals surface area contributed by atoms with Crippen molar-refractivity contribution in [1.29, 1.82) is 0 Å². The number of fused-ring (bicyclic) bond motifs is 1. The Labute approximate surface area is 198 Å². The average molecular weight is 469 g/mol. The van der Waals surface area contributed by atoms with Crippen molar-refractivity contribution in [3.63, 3.8) is 0 Å². The number of nitrogens with zero attached hydrogens (tertiary/aromatic N) is 1. The molecule has 180 valence electrons. The number of imide groups is 1. The van der Waals surface area contributed by atoms with Gasteiger partial charge in [0.15, 0.2) is 17.6 Å². The van der Waals surface area contributed by atoms with E-state index in [2.05, 4.69) is 5.32 Å². The van der Waals surface area contributed by atoms with Crippen LogP contribution in [0, 0.1) is 0 Å². The molecule has 0 saturated heterocycles. The number of esters is 1. The normalized spacial score (nSPS) is 13.4. The molecule has 1 heterocycles. The van der Waals surface area contributed by atoms with E-state index in [4.69, 9.17) is 14.2 Å². The second-order valence-corrected chi connectivity index (χ2v) is 7.83. The maximum Gasteiger partial charge on any atom is 0.338 e. The summed E-state index contributed by atoms with van der Waals surface area (Å²) in [6, 6.07) is 9.46. The zero-order valence-corrected chi connectivity index (χ0v) is 19.7. The number of hydrogen-bond acceptors (Lipinski definition) is 7. The molecule has 0 radical (unpaired) electrons. The number of carbonyl (C=O) groups is 4. The smallest absolute Gasteiger partial charge is 0.338 e. The van der Waals surface area contributed by atoms with E-state index < -0.39 is 23.9 Å². The number of ether oxygens (including phenoxy) is 3. The van der Waals surface area contributed by atoms with Gasteiger partial charge in [0.2, 0.25) is 0 Å². The van der Waals surface area contributed by atoms with E-state index in [0.29, 0.717) is 24.5 Å². The lowest BCUT2D eigenvalue weighted by molar-refractivity contribution is -0.129. The zero-order chi connectivity index (χ0) is 24.8. The minimum Gasteiger partial charge on any atom is -0.493 e. The first-order valence-electron chi connectivity index (χ1n) is 11.0. The fourth-order valence-corrected chi connectivity index (χ4v) is 3.54. The molecule has 34 heavy (non-hydrogen) atoms. The summed E-state index contributed by atoms with van der Waals surface area (Å²) in [7, 11) is 3.06. The van der Waals surface area contributed by atoms with Crippen molar-refractivity contribution < 1.29 is 33.4 Å². The first-order valence-corrected chi connectivity index (χ1v) is 11.0. The molecular formula is C25H28N2O7. The number of hydrogen-bond donors (Lipinski definition) is 1. The zero-order valence-electron chi connectivity index (χ0n) is 19.7. The maximum atomic E-state index is 12.6. The van der Waals surface area contributed by atoms with Gasteiger partial charge in [0.1, 0.15) is 0 Å². The molecule has 0 fully saturated rings. The van der Waals surface area contributed by atoms with Gasteiger partial charge in [-0.15, -0.1) is 0 Å². The van der Waals surface area contributed by atoms with Crippen LogP contribution < -0.4 is 14.8 Å². The van der Waals surface area contributed by atoms with E-state index >= 15 is 0 Å². The highest BCUT2D eigenvalue weighted by Crippen LogP contribution is 2.27. The second kappa shape index (κ2) is 10.8. The van der Waals surface area contributed by atoms with Crippen molar-refractivity contribution in [2.75, 3.05) is 20.8 Å². The lowest BCUT2D eigenvalue weighted by Crippen LogP contribution is -2.35. The molecule has 0 spiro atoms. The van der Waals surface area contributed by atoms with Gasteiger partial charge in [0.05, 0.1) is 30.9 Å². The van der Waals surface area contributed by atoms with E-state index in [0.717, 1.165) is 12.0 Å². The van der Waals surface area contributed by atoms with Gasteiger partial charge in [0, 0.05) is 13.1 Å². The Morgan fingerprint density at radius 3 is 2.35 bits per heavy atom. The molecule has 1 aliphatic rings. The van der Waals surface area contributed by atoms with Crippen LogP contribution in [0.15, 0.2) is 36.4 Å². The minimum absolute atomic E-state index is 0.0942. The van der Waals surface area contributed by atoms with Crippen molar-refractivity contribution >= 4 is 23.7 Å². The molecule has 0 saturated carbocycles. The van der Waals surface area contributed by atoms with E-state index in [9.17, 15) is 19.2 Å². The van der Waals surface area contributed by atoms with Gasteiger partial charge in [-0.05, 0) is 49.2 Å². The van der Waals surface area contributed by atoms with Gasteiger partial charge >= 0.3 is 5.97 Å². The van der Waals surface area contributed by atoms with Crippen LogP contribution in [-0.2, 0) is 16.1 Å². The van der Waals surface area contributed by atoms with Crippen molar-refractivity contribution in [1.82, 2.24) is 10.2 Å². The van der Waals surface area contributed by atoms with Crippen LogP contribution in [0.2, 0.25) is 0 Å². The van der Waals surface area contributed by atoms with Crippen LogP contribution in [0.25, 0.3) is 0 Å². The van der Waals surface area contributed by atoms with Crippen LogP contribution in [0.4, 0.5) is 0 Å². The summed E-state index contributed by atoms with van der Waals surface area (Å²) in [5, 5.41) is 2.71. The van der Waals surface area contributed by atoms with E-state index in [1.54, 1.807) is 18.2 Å². The molecule has 1 N–H and O–H groups in total. The predicted molar refractivity (Wildman–Crippen MR) is 123 cm³/mol. The quantitative estimate of drug-likeness (QED) is 0.421. The van der Waals surface area contributed by atoms with Crippen molar-refractivity contribution in [2.24, 2.45) is 0 Å². The summed E-state index contributed by atoms with van der Waals surface area (Å²) in [5.74, 6) is -0.931. The number of methoxy groups -OCH3 is 2. The Balaban J connectivity index is 1.61. The highest BCUT2D eigenvalue weighted by molar-refractivity contribution is 6.22. The molecule has 1 aliphatic heterocycles. The Hall–Kier alpha value is -3.88. The van der Waals surface area contributed by atoms with Crippen molar-refractivity contribution in [3.8, 4) is 11.5 Å². The van der Waals surface area contributed by atoms with Gasteiger partial charge < -0.3 is 19.5 Å². The largest absolute Gasteiger partial charge is 0.493 e. The molecule has 0 aromatic heterocycles. The Kier molecular flexibility index (Phi) is 7.88. The van der Waals surface area contributed by atoms with Gasteiger partial charge in [-0.25, -0.2) is 4.79 Å². The summed E-state index contributed by atoms with van der Waals surface area (Å²) in [6.07, 6.45) is 0.479. The summed E-state index contributed by atoms with van der Waals surface area (Å²) >= 11 is 0. The summed E-state index contributed by atoms with van der Waals surface area (Å²) in [6.45, 7) is 3.96. The van der Waals surface area contributed by atoms with Crippen molar-refractivity contribution in [3.05, 3.63) is 58.7 Å². The number of nitrogens with one attached hydrogen (secondary N) is 1. The summed E-state index contributed by atoms with van der Waals surface area (Å²) < 4.78 is 15.7. The van der Waals surface area contributed by atoms with E-state index in [1.807, 2.05) is 6.92 Å². The summed E-state index contributed by atoms with van der Waals surface area (Å²) in [5.41, 5.74) is 1.30. The number of amides is 3.